The van der Waals surface area contributed by atoms with Crippen molar-refractivity contribution in [2.75, 3.05) is 27.2 Å². The topological polar surface area (TPSA) is 86.5 Å². The van der Waals surface area contributed by atoms with Crippen molar-refractivity contribution in [1.29, 1.82) is 0 Å². The Kier molecular flexibility index (Phi) is 8.31. The van der Waals surface area contributed by atoms with Crippen LogP contribution in [0.15, 0.2) is 48.5 Å². The first-order valence-electron chi connectivity index (χ1n) is 12.9. The minimum absolute atomic E-state index is 0.156. The Morgan fingerprint density at radius 2 is 1.81 bits per heavy atom. The quantitative estimate of drug-likeness (QED) is 0.347. The third-order valence-electron chi connectivity index (χ3n) is 6.92. The zero-order chi connectivity index (χ0) is 25.7. The van der Waals surface area contributed by atoms with Gasteiger partial charge in [0.25, 0.3) is 5.91 Å². The number of nitrogens with zero attached hydrogens (tertiary/aromatic N) is 1. The number of carbonyl (C=O) groups excluding carboxylic acids is 2. The van der Waals surface area contributed by atoms with Crippen molar-refractivity contribution in [1.82, 2.24) is 20.5 Å². The summed E-state index contributed by atoms with van der Waals surface area (Å²) in [7, 11) is 4.02. The molecule has 2 aromatic carbocycles. The molecule has 3 aromatic rings. The molecular formula is C29H38N4O3. The van der Waals surface area contributed by atoms with Crippen LogP contribution in [0.3, 0.4) is 0 Å². The minimum Gasteiger partial charge on any atom is -0.492 e. The molecule has 0 spiro atoms. The highest BCUT2D eigenvalue weighted by Crippen LogP contribution is 2.34. The molecule has 7 nitrogen and oxygen atoms in total. The maximum atomic E-state index is 13.3. The molecule has 0 aliphatic heterocycles. The average molecular weight is 491 g/mol. The number of benzene rings is 2. The summed E-state index contributed by atoms with van der Waals surface area (Å²) in [5.74, 6) is 1.08. The van der Waals surface area contributed by atoms with Gasteiger partial charge in [-0.1, -0.05) is 43.2 Å². The zero-order valence-corrected chi connectivity index (χ0v) is 21.8. The zero-order valence-electron chi connectivity index (χ0n) is 21.8. The van der Waals surface area contributed by atoms with E-state index in [4.69, 9.17) is 4.74 Å². The molecule has 0 saturated heterocycles. The van der Waals surface area contributed by atoms with Crippen molar-refractivity contribution in [2.24, 2.45) is 5.92 Å². The normalized spacial score (nSPS) is 15.0. The summed E-state index contributed by atoms with van der Waals surface area (Å²) in [5.41, 5.74) is 3.31. The number of carbonyl (C=O) groups is 2. The van der Waals surface area contributed by atoms with Crippen molar-refractivity contribution in [3.63, 3.8) is 0 Å². The number of aryl methyl sites for hydroxylation is 1. The number of para-hydroxylation sites is 1. The molecule has 4 rings (SSSR count). The number of hydrogen-bond donors (Lipinski definition) is 3. The second-order valence-corrected chi connectivity index (χ2v) is 10.2. The number of H-pyrrole nitrogens is 1. The van der Waals surface area contributed by atoms with Gasteiger partial charge in [0.05, 0.1) is 6.04 Å². The van der Waals surface area contributed by atoms with Crippen LogP contribution in [0.5, 0.6) is 5.75 Å². The van der Waals surface area contributed by atoms with Crippen molar-refractivity contribution < 1.29 is 14.3 Å². The molecule has 1 aliphatic rings. The Hall–Kier alpha value is -3.32. The third kappa shape index (κ3) is 6.66. The molecule has 7 heteroatoms. The van der Waals surface area contributed by atoms with Crippen LogP contribution in [0.2, 0.25) is 0 Å². The number of rotatable bonds is 12. The number of ether oxygens (including phenoxy) is 1. The molecule has 1 aromatic heterocycles. The van der Waals surface area contributed by atoms with E-state index in [1.54, 1.807) is 0 Å². The smallest absolute Gasteiger partial charge is 0.268 e. The fourth-order valence-corrected chi connectivity index (χ4v) is 4.41. The van der Waals surface area contributed by atoms with E-state index >= 15 is 0 Å². The SMILES string of the molecule is Cc1c(C(=O)NC(CCC2CC2)C(=O)NC(C)c2ccc(OCCN(C)C)cc2)[nH]c2ccccc12. The van der Waals surface area contributed by atoms with Crippen LogP contribution in [-0.4, -0.2) is 55.0 Å². The maximum Gasteiger partial charge on any atom is 0.268 e. The number of hydrogen-bond acceptors (Lipinski definition) is 4. The molecule has 0 radical (unpaired) electrons. The monoisotopic (exact) mass is 490 g/mol. The van der Waals surface area contributed by atoms with Gasteiger partial charge < -0.3 is 25.3 Å². The highest BCUT2D eigenvalue weighted by molar-refractivity contribution is 6.02. The average Bonchev–Trinajstić information content (AvgIpc) is 3.63. The van der Waals surface area contributed by atoms with Gasteiger partial charge in [-0.25, -0.2) is 0 Å². The van der Waals surface area contributed by atoms with Gasteiger partial charge in [0, 0.05) is 17.4 Å². The predicted octanol–water partition coefficient (Wildman–Crippen LogP) is 4.58. The Balaban J connectivity index is 1.39. The van der Waals surface area contributed by atoms with E-state index in [0.29, 0.717) is 24.6 Å². The predicted molar refractivity (Wildman–Crippen MR) is 143 cm³/mol. The molecule has 1 fully saturated rings. The van der Waals surface area contributed by atoms with Gasteiger partial charge in [-0.05, 0) is 76.0 Å². The lowest BCUT2D eigenvalue weighted by Crippen LogP contribution is -2.47. The summed E-state index contributed by atoms with van der Waals surface area (Å²) in [6.07, 6.45) is 4.00. The van der Waals surface area contributed by atoms with Crippen LogP contribution >= 0.6 is 0 Å². The first-order chi connectivity index (χ1) is 17.3. The van der Waals surface area contributed by atoms with Crippen molar-refractivity contribution in [3.8, 4) is 5.75 Å². The van der Waals surface area contributed by atoms with E-state index < -0.39 is 6.04 Å². The molecule has 2 atom stereocenters. The van der Waals surface area contributed by atoms with Gasteiger partial charge >= 0.3 is 0 Å². The second kappa shape index (κ2) is 11.6. The van der Waals surface area contributed by atoms with E-state index in [9.17, 15) is 9.59 Å². The van der Waals surface area contributed by atoms with Gasteiger partial charge in [0.15, 0.2) is 0 Å². The highest BCUT2D eigenvalue weighted by atomic mass is 16.5. The van der Waals surface area contributed by atoms with E-state index in [0.717, 1.165) is 40.7 Å². The lowest BCUT2D eigenvalue weighted by Gasteiger charge is -2.22. The lowest BCUT2D eigenvalue weighted by atomic mass is 10.0. The summed E-state index contributed by atoms with van der Waals surface area (Å²) in [6, 6.07) is 14.9. The maximum absolute atomic E-state index is 13.3. The number of nitrogens with one attached hydrogen (secondary N) is 3. The number of fused-ring (bicyclic) bond motifs is 1. The van der Waals surface area contributed by atoms with Crippen LogP contribution < -0.4 is 15.4 Å². The molecule has 2 unspecified atom stereocenters. The van der Waals surface area contributed by atoms with Crippen molar-refractivity contribution in [2.45, 2.75) is 51.6 Å². The van der Waals surface area contributed by atoms with Gasteiger partial charge in [0.1, 0.15) is 24.1 Å². The first kappa shape index (κ1) is 25.8. The summed E-state index contributed by atoms with van der Waals surface area (Å²) in [6.45, 7) is 5.36. The van der Waals surface area contributed by atoms with Crippen LogP contribution in [0, 0.1) is 12.8 Å². The fraction of sp³-hybridized carbons (Fsp3) is 0.448. The third-order valence-corrected chi connectivity index (χ3v) is 6.92. The molecule has 1 saturated carbocycles. The summed E-state index contributed by atoms with van der Waals surface area (Å²) in [5, 5.41) is 7.13. The second-order valence-electron chi connectivity index (χ2n) is 10.2. The van der Waals surface area contributed by atoms with E-state index in [-0.39, 0.29) is 17.9 Å². The van der Waals surface area contributed by atoms with Crippen LogP contribution in [0.25, 0.3) is 10.9 Å². The molecule has 2 amide bonds. The molecule has 0 bridgehead atoms. The van der Waals surface area contributed by atoms with E-state index in [2.05, 4.69) is 20.5 Å². The van der Waals surface area contributed by atoms with Crippen LogP contribution in [-0.2, 0) is 4.79 Å². The molecule has 36 heavy (non-hydrogen) atoms. The minimum atomic E-state index is -0.583. The Morgan fingerprint density at radius 3 is 2.47 bits per heavy atom. The molecule has 1 aliphatic carbocycles. The molecule has 3 N–H and O–H groups in total. The first-order valence-corrected chi connectivity index (χ1v) is 12.9. The van der Waals surface area contributed by atoms with E-state index in [1.165, 1.54) is 12.8 Å². The highest BCUT2D eigenvalue weighted by Gasteiger charge is 2.28. The van der Waals surface area contributed by atoms with Gasteiger partial charge in [0.2, 0.25) is 5.91 Å². The standard InChI is InChI=1S/C29H38N4O3/c1-19-24-7-5-6-8-25(24)31-27(19)29(35)32-26(16-11-21-9-10-21)28(34)30-20(2)22-12-14-23(15-13-22)36-18-17-33(3)4/h5-8,12-15,20-21,26,31H,9-11,16-18H2,1-4H3,(H,30,34)(H,32,35). The van der Waals surface area contributed by atoms with Gasteiger partial charge in [-0.3, -0.25) is 9.59 Å². The lowest BCUT2D eigenvalue weighted by molar-refractivity contribution is -0.123. The van der Waals surface area contributed by atoms with Crippen LogP contribution in [0.1, 0.15) is 60.3 Å². The number of aromatic amines is 1. The summed E-state index contributed by atoms with van der Waals surface area (Å²) < 4.78 is 5.77. The molecular weight excluding hydrogens is 452 g/mol. The number of likely N-dealkylation sites (N-methyl/N-ethyl adjacent to an activating group) is 1. The van der Waals surface area contributed by atoms with Gasteiger partial charge in [-0.2, -0.15) is 0 Å². The van der Waals surface area contributed by atoms with Crippen molar-refractivity contribution >= 4 is 22.7 Å². The fourth-order valence-electron chi connectivity index (χ4n) is 4.41. The van der Waals surface area contributed by atoms with E-state index in [1.807, 2.05) is 76.5 Å². The largest absolute Gasteiger partial charge is 0.492 e. The Bertz CT molecular complexity index is 1180. The number of amides is 2. The Morgan fingerprint density at radius 1 is 1.08 bits per heavy atom. The summed E-state index contributed by atoms with van der Waals surface area (Å²) in [4.78, 5) is 31.8. The molecule has 1 heterocycles. The van der Waals surface area contributed by atoms with Gasteiger partial charge in [-0.15, -0.1) is 0 Å². The summed E-state index contributed by atoms with van der Waals surface area (Å²) >= 11 is 0. The Labute approximate surface area is 213 Å². The number of aromatic nitrogens is 1. The van der Waals surface area contributed by atoms with Crippen LogP contribution in [0.4, 0.5) is 0 Å². The molecule has 192 valence electrons. The van der Waals surface area contributed by atoms with Crippen molar-refractivity contribution in [3.05, 3.63) is 65.4 Å².